The molecule has 1 amide bonds. The van der Waals surface area contributed by atoms with E-state index in [1.165, 1.54) is 0 Å². The van der Waals surface area contributed by atoms with Gasteiger partial charge in [0, 0.05) is 6.61 Å². The number of carbonyl (C=O) groups excluding carboxylic acids is 1. The van der Waals surface area contributed by atoms with E-state index in [1.807, 2.05) is 6.92 Å². The van der Waals surface area contributed by atoms with E-state index in [-0.39, 0.29) is 6.61 Å². The van der Waals surface area contributed by atoms with Crippen molar-refractivity contribution < 1.29 is 22.7 Å². The number of amides is 1. The number of halogens is 3. The number of ether oxygens (including phenoxy) is 1. The highest BCUT2D eigenvalue weighted by molar-refractivity contribution is 5.84. The zero-order chi connectivity index (χ0) is 14.9. The lowest BCUT2D eigenvalue weighted by molar-refractivity contribution is -0.174. The van der Waals surface area contributed by atoms with Crippen molar-refractivity contribution in [3.05, 3.63) is 0 Å². The number of primary amides is 1. The van der Waals surface area contributed by atoms with E-state index in [0.717, 1.165) is 6.42 Å². The molecule has 0 rings (SSSR count). The van der Waals surface area contributed by atoms with Crippen LogP contribution >= 0.6 is 0 Å². The van der Waals surface area contributed by atoms with Crippen LogP contribution in [0.1, 0.15) is 39.5 Å². The van der Waals surface area contributed by atoms with Gasteiger partial charge in [-0.15, -0.1) is 0 Å². The fourth-order valence-corrected chi connectivity index (χ4v) is 1.57. The van der Waals surface area contributed by atoms with Crippen LogP contribution in [0.15, 0.2) is 0 Å². The Bertz CT molecular complexity index is 272. The Labute approximate surface area is 111 Å². The molecule has 114 valence electrons. The van der Waals surface area contributed by atoms with Crippen molar-refractivity contribution in [2.45, 2.75) is 51.2 Å². The standard InChI is InChI=1S/C12H23F3N2O2/c1-3-7-17-11(2,10(16)18)6-4-5-8-19-9-12(13,14)15/h17H,3-9H2,1-2H3,(H2,16,18). The van der Waals surface area contributed by atoms with Gasteiger partial charge in [0.1, 0.15) is 6.61 Å². The average molecular weight is 284 g/mol. The summed E-state index contributed by atoms with van der Waals surface area (Å²) in [5.41, 5.74) is 4.52. The van der Waals surface area contributed by atoms with Crippen LogP contribution in [0, 0.1) is 0 Å². The van der Waals surface area contributed by atoms with E-state index < -0.39 is 24.2 Å². The lowest BCUT2D eigenvalue weighted by Crippen LogP contribution is -2.53. The minimum absolute atomic E-state index is 0.0299. The minimum Gasteiger partial charge on any atom is -0.372 e. The van der Waals surface area contributed by atoms with E-state index >= 15 is 0 Å². The number of hydrogen-bond acceptors (Lipinski definition) is 3. The summed E-state index contributed by atoms with van der Waals surface area (Å²) in [6, 6.07) is 0. The molecule has 19 heavy (non-hydrogen) atoms. The van der Waals surface area contributed by atoms with Crippen LogP contribution in [0.4, 0.5) is 13.2 Å². The molecule has 3 N–H and O–H groups in total. The zero-order valence-electron chi connectivity index (χ0n) is 11.5. The largest absolute Gasteiger partial charge is 0.411 e. The molecule has 0 radical (unpaired) electrons. The van der Waals surface area contributed by atoms with Crippen LogP contribution in [0.3, 0.4) is 0 Å². The Morgan fingerprint density at radius 3 is 2.42 bits per heavy atom. The van der Waals surface area contributed by atoms with Crippen molar-refractivity contribution in [2.75, 3.05) is 19.8 Å². The molecule has 7 heteroatoms. The molecule has 1 unspecified atom stereocenters. The summed E-state index contributed by atoms with van der Waals surface area (Å²) in [7, 11) is 0. The normalized spacial score (nSPS) is 15.2. The molecule has 0 spiro atoms. The number of unbranched alkanes of at least 4 members (excludes halogenated alkanes) is 1. The van der Waals surface area contributed by atoms with E-state index in [0.29, 0.717) is 25.8 Å². The van der Waals surface area contributed by atoms with E-state index in [1.54, 1.807) is 6.92 Å². The first-order chi connectivity index (χ1) is 8.71. The van der Waals surface area contributed by atoms with Crippen LogP contribution in [-0.2, 0) is 9.53 Å². The maximum Gasteiger partial charge on any atom is 0.411 e. The first-order valence-corrected chi connectivity index (χ1v) is 6.40. The third-order valence-corrected chi connectivity index (χ3v) is 2.79. The second-order valence-electron chi connectivity index (χ2n) is 4.75. The van der Waals surface area contributed by atoms with Gasteiger partial charge in [-0.05, 0) is 39.2 Å². The molecule has 0 saturated carbocycles. The van der Waals surface area contributed by atoms with Crippen molar-refractivity contribution in [1.82, 2.24) is 5.32 Å². The number of nitrogens with one attached hydrogen (secondary N) is 1. The molecule has 0 bridgehead atoms. The van der Waals surface area contributed by atoms with Gasteiger partial charge < -0.3 is 15.8 Å². The van der Waals surface area contributed by atoms with Crippen molar-refractivity contribution >= 4 is 5.91 Å². The Balaban J connectivity index is 3.85. The molecule has 1 atom stereocenters. The molecule has 0 heterocycles. The zero-order valence-corrected chi connectivity index (χ0v) is 11.5. The summed E-state index contributed by atoms with van der Waals surface area (Å²) < 4.78 is 39.9. The lowest BCUT2D eigenvalue weighted by atomic mass is 9.94. The molecule has 0 aliphatic rings. The van der Waals surface area contributed by atoms with Gasteiger partial charge in [0.25, 0.3) is 0 Å². The van der Waals surface area contributed by atoms with E-state index in [4.69, 9.17) is 5.73 Å². The summed E-state index contributed by atoms with van der Waals surface area (Å²) in [4.78, 5) is 11.4. The first kappa shape index (κ1) is 18.2. The lowest BCUT2D eigenvalue weighted by Gasteiger charge is -2.27. The highest BCUT2D eigenvalue weighted by Gasteiger charge is 2.29. The van der Waals surface area contributed by atoms with Crippen LogP contribution in [0.5, 0.6) is 0 Å². The van der Waals surface area contributed by atoms with Crippen molar-refractivity contribution in [1.29, 1.82) is 0 Å². The number of rotatable bonds is 10. The van der Waals surface area contributed by atoms with E-state index in [2.05, 4.69) is 10.1 Å². The molecule has 0 aliphatic heterocycles. The Kier molecular flexibility index (Phi) is 8.01. The molecule has 4 nitrogen and oxygen atoms in total. The van der Waals surface area contributed by atoms with Crippen LogP contribution < -0.4 is 11.1 Å². The van der Waals surface area contributed by atoms with Gasteiger partial charge in [-0.2, -0.15) is 13.2 Å². The summed E-state index contributed by atoms with van der Waals surface area (Å²) >= 11 is 0. The maximum atomic E-state index is 11.8. The predicted molar refractivity (Wildman–Crippen MR) is 66.6 cm³/mol. The van der Waals surface area contributed by atoms with Crippen molar-refractivity contribution in [2.24, 2.45) is 5.73 Å². The number of hydrogen-bond donors (Lipinski definition) is 2. The molecule has 0 aromatic rings. The van der Waals surface area contributed by atoms with Gasteiger partial charge in [-0.25, -0.2) is 0 Å². The fourth-order valence-electron chi connectivity index (χ4n) is 1.57. The average Bonchev–Trinajstić information content (AvgIpc) is 2.29. The Morgan fingerprint density at radius 2 is 1.95 bits per heavy atom. The first-order valence-electron chi connectivity index (χ1n) is 6.40. The number of nitrogens with two attached hydrogens (primary N) is 1. The SMILES string of the molecule is CCCNC(C)(CCCCOCC(F)(F)F)C(N)=O. The molecular formula is C12H23F3N2O2. The third kappa shape index (κ3) is 8.83. The third-order valence-electron chi connectivity index (χ3n) is 2.79. The molecular weight excluding hydrogens is 261 g/mol. The summed E-state index contributed by atoms with van der Waals surface area (Å²) in [6.45, 7) is 3.15. The molecule has 0 aromatic carbocycles. The minimum atomic E-state index is -4.29. The second kappa shape index (κ2) is 8.37. The maximum absolute atomic E-state index is 11.8. The van der Waals surface area contributed by atoms with Gasteiger partial charge >= 0.3 is 6.18 Å². The van der Waals surface area contributed by atoms with Gasteiger partial charge in [0.05, 0.1) is 5.54 Å². The Hall–Kier alpha value is -0.820. The number of carbonyl (C=O) groups is 1. The highest BCUT2D eigenvalue weighted by Crippen LogP contribution is 2.16. The van der Waals surface area contributed by atoms with Gasteiger partial charge in [0.15, 0.2) is 0 Å². The summed E-state index contributed by atoms with van der Waals surface area (Å²) in [5.74, 6) is -0.447. The Morgan fingerprint density at radius 1 is 1.32 bits per heavy atom. The second-order valence-corrected chi connectivity index (χ2v) is 4.75. The summed E-state index contributed by atoms with van der Waals surface area (Å²) in [5, 5.41) is 3.07. The van der Waals surface area contributed by atoms with Gasteiger partial charge in [-0.3, -0.25) is 4.79 Å². The molecule has 0 aliphatic carbocycles. The molecule has 0 fully saturated rings. The monoisotopic (exact) mass is 284 g/mol. The molecule has 0 aromatic heterocycles. The van der Waals surface area contributed by atoms with Crippen molar-refractivity contribution in [3.63, 3.8) is 0 Å². The molecule has 0 saturated heterocycles. The van der Waals surface area contributed by atoms with Crippen LogP contribution in [0.2, 0.25) is 0 Å². The predicted octanol–water partition coefficient (Wildman–Crippen LogP) is 1.98. The van der Waals surface area contributed by atoms with Gasteiger partial charge in [-0.1, -0.05) is 6.92 Å². The number of alkyl halides is 3. The van der Waals surface area contributed by atoms with Crippen LogP contribution in [0.25, 0.3) is 0 Å². The smallest absolute Gasteiger partial charge is 0.372 e. The van der Waals surface area contributed by atoms with E-state index in [9.17, 15) is 18.0 Å². The fraction of sp³-hybridized carbons (Fsp3) is 0.917. The highest BCUT2D eigenvalue weighted by atomic mass is 19.4. The van der Waals surface area contributed by atoms with Crippen LogP contribution in [-0.4, -0.2) is 37.4 Å². The quantitative estimate of drug-likeness (QED) is 0.603. The van der Waals surface area contributed by atoms with Gasteiger partial charge in [0.2, 0.25) is 5.91 Å². The topological polar surface area (TPSA) is 64.3 Å². The summed E-state index contributed by atoms with van der Waals surface area (Å²) in [6.07, 6.45) is -1.89. The van der Waals surface area contributed by atoms with Crippen molar-refractivity contribution in [3.8, 4) is 0 Å².